The minimum absolute atomic E-state index is 0.0845. The summed E-state index contributed by atoms with van der Waals surface area (Å²) in [4.78, 5) is 16.9. The van der Waals surface area contributed by atoms with Crippen molar-refractivity contribution in [2.75, 3.05) is 13.7 Å². The maximum absolute atomic E-state index is 13.6. The average molecular weight is 563 g/mol. The van der Waals surface area contributed by atoms with Crippen LogP contribution in [0.15, 0.2) is 59.2 Å². The second-order valence-corrected chi connectivity index (χ2v) is 10.6. The van der Waals surface area contributed by atoms with E-state index in [0.717, 1.165) is 56.2 Å². The number of aliphatic hydroxyl groups is 1. The van der Waals surface area contributed by atoms with Crippen LogP contribution in [0.3, 0.4) is 0 Å². The lowest BCUT2D eigenvalue weighted by Crippen LogP contribution is -2.39. The number of benzene rings is 3. The van der Waals surface area contributed by atoms with E-state index in [-0.39, 0.29) is 18.6 Å². The van der Waals surface area contributed by atoms with E-state index >= 15 is 0 Å². The molecule has 7 heteroatoms. The first-order chi connectivity index (χ1) is 17.9. The highest BCUT2D eigenvalue weighted by Crippen LogP contribution is 2.41. The van der Waals surface area contributed by atoms with Crippen LogP contribution in [-0.4, -0.2) is 41.9 Å². The molecule has 3 N–H and O–H groups in total. The van der Waals surface area contributed by atoms with Crippen LogP contribution >= 0.6 is 15.9 Å². The second-order valence-electron chi connectivity index (χ2n) is 9.73. The quantitative estimate of drug-likeness (QED) is 0.252. The molecule has 0 saturated heterocycles. The maximum atomic E-state index is 13.6. The summed E-state index contributed by atoms with van der Waals surface area (Å²) in [6.07, 6.45) is 4.10. The molecule has 1 heterocycles. The number of hydrogen-bond acceptors (Lipinski definition) is 4. The van der Waals surface area contributed by atoms with E-state index in [0.29, 0.717) is 17.7 Å². The van der Waals surface area contributed by atoms with Crippen molar-refractivity contribution >= 4 is 32.7 Å². The minimum Gasteiger partial charge on any atom is -0.496 e. The zero-order chi connectivity index (χ0) is 26.1. The molecule has 1 aliphatic rings. The molecule has 4 aromatic rings. The second kappa shape index (κ2) is 10.6. The lowest BCUT2D eigenvalue weighted by atomic mass is 9.84. The van der Waals surface area contributed by atoms with Crippen LogP contribution in [0.2, 0.25) is 0 Å². The number of H-pyrrole nitrogens is 1. The summed E-state index contributed by atoms with van der Waals surface area (Å²) in [5, 5.41) is 14.3. The number of aliphatic hydroxyl groups excluding tert-OH is 1. The Bertz CT molecular complexity index is 1460. The molecule has 5 rings (SSSR count). The number of para-hydroxylation sites is 1. The van der Waals surface area contributed by atoms with Gasteiger partial charge in [0.1, 0.15) is 11.5 Å². The monoisotopic (exact) mass is 562 g/mol. The number of carbonyl (C=O) groups is 1. The molecule has 3 aromatic carbocycles. The largest absolute Gasteiger partial charge is 0.496 e. The normalized spacial score (nSPS) is 13.2. The Hall–Kier alpha value is -3.29. The van der Waals surface area contributed by atoms with Crippen molar-refractivity contribution in [1.82, 2.24) is 10.3 Å². The van der Waals surface area contributed by atoms with Crippen LogP contribution in [0, 0.1) is 0 Å². The highest BCUT2D eigenvalue weighted by Gasteiger charge is 2.25. The van der Waals surface area contributed by atoms with Gasteiger partial charge in [-0.25, -0.2) is 0 Å². The number of methoxy groups -OCH3 is 1. The lowest BCUT2D eigenvalue weighted by Gasteiger charge is -2.25. The van der Waals surface area contributed by atoms with Gasteiger partial charge in [0.15, 0.2) is 0 Å². The lowest BCUT2D eigenvalue weighted by molar-refractivity contribution is 0.0910. The van der Waals surface area contributed by atoms with E-state index in [1.807, 2.05) is 56.4 Å². The number of amides is 1. The number of fused-ring (bicyclic) bond motifs is 4. The molecule has 0 radical (unpaired) electrons. The van der Waals surface area contributed by atoms with Gasteiger partial charge < -0.3 is 24.9 Å². The Morgan fingerprint density at radius 2 is 1.78 bits per heavy atom. The first kappa shape index (κ1) is 25.4. The van der Waals surface area contributed by atoms with Gasteiger partial charge in [-0.05, 0) is 107 Å². The smallest absolute Gasteiger partial charge is 0.255 e. The van der Waals surface area contributed by atoms with E-state index in [9.17, 15) is 9.90 Å². The van der Waals surface area contributed by atoms with Crippen molar-refractivity contribution in [2.45, 2.75) is 45.3 Å². The fraction of sp³-hybridized carbons (Fsp3) is 0.300. The minimum atomic E-state index is -0.444. The number of carbonyl (C=O) groups excluding carboxylic acids is 1. The van der Waals surface area contributed by atoms with Gasteiger partial charge in [0.2, 0.25) is 0 Å². The fourth-order valence-electron chi connectivity index (χ4n) is 5.08. The van der Waals surface area contributed by atoms with Crippen molar-refractivity contribution in [3.63, 3.8) is 0 Å². The third-order valence-electron chi connectivity index (χ3n) is 6.84. The number of aryl methyl sites for hydroxylation is 2. The van der Waals surface area contributed by atoms with Gasteiger partial charge in [0, 0.05) is 17.1 Å². The van der Waals surface area contributed by atoms with E-state index < -0.39 is 6.04 Å². The van der Waals surface area contributed by atoms with Crippen LogP contribution in [0.1, 0.15) is 40.9 Å². The van der Waals surface area contributed by atoms with Crippen LogP contribution < -0.4 is 14.8 Å². The van der Waals surface area contributed by atoms with Gasteiger partial charge in [-0.2, -0.15) is 0 Å². The van der Waals surface area contributed by atoms with Crippen LogP contribution in [0.25, 0.3) is 22.0 Å². The number of ether oxygens (including phenoxy) is 2. The molecule has 1 atom stereocenters. The first-order valence-corrected chi connectivity index (χ1v) is 13.3. The molecule has 0 saturated carbocycles. The summed E-state index contributed by atoms with van der Waals surface area (Å²) < 4.78 is 12.5. The Labute approximate surface area is 225 Å². The summed E-state index contributed by atoms with van der Waals surface area (Å²) in [6.45, 7) is 3.73. The van der Waals surface area contributed by atoms with Crippen molar-refractivity contribution < 1.29 is 19.4 Å². The maximum Gasteiger partial charge on any atom is 0.255 e. The average Bonchev–Trinajstić information content (AvgIpc) is 3.29. The Kier molecular flexibility index (Phi) is 7.26. The standard InChI is InChI=1S/C30H31BrN2O4/c1-17(2)37-28-11-18-8-9-19-12-29(36-3)26(31)14-24(19)23(18)13-25(28)30(35)33-21(16-34)10-20-15-32-27-7-5-4-6-22(20)27/h4-7,11-15,17,21,32,34H,8-10,16H2,1-3H3,(H,33,35). The summed E-state index contributed by atoms with van der Waals surface area (Å²) in [5.41, 5.74) is 6.97. The Morgan fingerprint density at radius 3 is 2.49 bits per heavy atom. The molecule has 1 amide bonds. The molecule has 0 fully saturated rings. The van der Waals surface area contributed by atoms with Gasteiger partial charge >= 0.3 is 0 Å². The summed E-state index contributed by atoms with van der Waals surface area (Å²) in [7, 11) is 1.66. The van der Waals surface area contributed by atoms with Crippen LogP contribution in [-0.2, 0) is 19.3 Å². The topological polar surface area (TPSA) is 83.6 Å². The van der Waals surface area contributed by atoms with Gasteiger partial charge in [0.05, 0.1) is 35.9 Å². The van der Waals surface area contributed by atoms with Crippen LogP contribution in [0.4, 0.5) is 0 Å². The van der Waals surface area contributed by atoms with Gasteiger partial charge in [-0.1, -0.05) is 18.2 Å². The fourth-order valence-corrected chi connectivity index (χ4v) is 5.58. The van der Waals surface area contributed by atoms with E-state index in [2.05, 4.69) is 38.4 Å². The summed E-state index contributed by atoms with van der Waals surface area (Å²) in [5.74, 6) is 1.09. The zero-order valence-electron chi connectivity index (χ0n) is 21.2. The van der Waals surface area contributed by atoms with E-state index in [1.165, 1.54) is 5.56 Å². The molecule has 1 aliphatic carbocycles. The third-order valence-corrected chi connectivity index (χ3v) is 7.46. The van der Waals surface area contributed by atoms with Crippen molar-refractivity contribution in [1.29, 1.82) is 0 Å². The molecule has 0 aliphatic heterocycles. The molecule has 0 spiro atoms. The van der Waals surface area contributed by atoms with Gasteiger partial charge in [-0.3, -0.25) is 4.79 Å². The molecule has 6 nitrogen and oxygen atoms in total. The predicted molar refractivity (Wildman–Crippen MR) is 150 cm³/mol. The Morgan fingerprint density at radius 1 is 1.08 bits per heavy atom. The number of aromatic nitrogens is 1. The number of hydrogen-bond donors (Lipinski definition) is 3. The molecular weight excluding hydrogens is 532 g/mol. The zero-order valence-corrected chi connectivity index (χ0v) is 22.8. The predicted octanol–water partition coefficient (Wildman–Crippen LogP) is 5.83. The van der Waals surface area contributed by atoms with Gasteiger partial charge in [-0.15, -0.1) is 0 Å². The first-order valence-electron chi connectivity index (χ1n) is 12.5. The molecule has 192 valence electrons. The van der Waals surface area contributed by atoms with Crippen molar-refractivity contribution in [3.05, 3.63) is 81.5 Å². The molecule has 0 bridgehead atoms. The number of rotatable bonds is 8. The SMILES string of the molecule is COc1cc2c(cc1Br)-c1cc(C(=O)NC(CO)Cc3c[nH]c4ccccc34)c(OC(C)C)cc1CC2. The van der Waals surface area contributed by atoms with Gasteiger partial charge in [0.25, 0.3) is 5.91 Å². The molecule has 1 unspecified atom stereocenters. The van der Waals surface area contributed by atoms with E-state index in [4.69, 9.17) is 9.47 Å². The molecule has 37 heavy (non-hydrogen) atoms. The molecule has 1 aromatic heterocycles. The Balaban J connectivity index is 1.48. The third kappa shape index (κ3) is 5.11. The van der Waals surface area contributed by atoms with Crippen molar-refractivity contribution in [3.8, 4) is 22.6 Å². The van der Waals surface area contributed by atoms with Crippen molar-refractivity contribution in [2.24, 2.45) is 0 Å². The summed E-state index contributed by atoms with van der Waals surface area (Å²) in [6, 6.07) is 15.6. The molecular formula is C30H31BrN2O4. The number of nitrogens with one attached hydrogen (secondary N) is 2. The number of aromatic amines is 1. The van der Waals surface area contributed by atoms with E-state index in [1.54, 1.807) is 7.11 Å². The highest BCUT2D eigenvalue weighted by molar-refractivity contribution is 9.10. The highest BCUT2D eigenvalue weighted by atomic mass is 79.9. The summed E-state index contributed by atoms with van der Waals surface area (Å²) >= 11 is 3.61. The van der Waals surface area contributed by atoms with Crippen LogP contribution in [0.5, 0.6) is 11.5 Å². The number of halogens is 1.